The Morgan fingerprint density at radius 2 is 0.647 bits per heavy atom. The normalized spacial score (nSPS) is 13.6. The third-order valence-corrected chi connectivity index (χ3v) is 18.9. The van der Waals surface area contributed by atoms with Crippen molar-refractivity contribution in [3.05, 3.63) is 24.3 Å². The standard InChI is InChI=1S/C76H151N2O6P/c1-6-8-10-12-14-16-18-20-22-24-26-28-30-32-34-36-37-38-39-40-41-42-44-46-48-50-52-54-56-58-60-62-64-66-68-70-76(80)77-74(73-84-85(81,82)83-72-71-78(3,4)5)75(79)69-67-65-63-61-59-57-55-53-51-49-47-45-43-35-33-31-29-27-25-23-21-19-17-15-13-11-9-7-2/h24,26,67,69,74-75,79H,6-23,25,27-66,68,70-73H2,1-5H3,(H-,77,80,81,82)/b26-24-,69-67+. The number of quaternary nitrogens is 1. The van der Waals surface area contributed by atoms with Gasteiger partial charge in [0.05, 0.1) is 39.9 Å². The molecule has 0 rings (SSSR count). The molecule has 85 heavy (non-hydrogen) atoms. The van der Waals surface area contributed by atoms with Crippen molar-refractivity contribution in [1.29, 1.82) is 0 Å². The molecule has 0 heterocycles. The van der Waals surface area contributed by atoms with Gasteiger partial charge in [-0.3, -0.25) is 9.36 Å². The van der Waals surface area contributed by atoms with E-state index < -0.39 is 20.0 Å². The molecule has 8 nitrogen and oxygen atoms in total. The van der Waals surface area contributed by atoms with Crippen molar-refractivity contribution in [3.63, 3.8) is 0 Å². The number of phosphoric ester groups is 1. The molecule has 0 radical (unpaired) electrons. The maximum absolute atomic E-state index is 13.1. The van der Waals surface area contributed by atoms with E-state index in [1.165, 1.54) is 347 Å². The van der Waals surface area contributed by atoms with Gasteiger partial charge >= 0.3 is 0 Å². The molecule has 0 saturated heterocycles. The van der Waals surface area contributed by atoms with E-state index in [2.05, 4.69) is 31.3 Å². The number of rotatable bonds is 72. The van der Waals surface area contributed by atoms with E-state index in [-0.39, 0.29) is 19.1 Å². The fourth-order valence-corrected chi connectivity index (χ4v) is 12.7. The number of phosphoric acid groups is 1. The molecular weight excluding hydrogens is 1070 g/mol. The number of likely N-dealkylation sites (N-methyl/N-ethyl adjacent to an activating group) is 1. The Kier molecular flexibility index (Phi) is 66.6. The predicted octanol–water partition coefficient (Wildman–Crippen LogP) is 24.0. The average Bonchev–Trinajstić information content (AvgIpc) is 3.48. The van der Waals surface area contributed by atoms with E-state index in [1.807, 2.05) is 27.2 Å². The summed E-state index contributed by atoms with van der Waals surface area (Å²) in [6.45, 7) is 4.72. The third-order valence-electron chi connectivity index (χ3n) is 17.9. The van der Waals surface area contributed by atoms with E-state index in [0.717, 1.165) is 38.5 Å². The highest BCUT2D eigenvalue weighted by Gasteiger charge is 2.23. The maximum Gasteiger partial charge on any atom is 0.268 e. The van der Waals surface area contributed by atoms with Gasteiger partial charge in [-0.15, -0.1) is 0 Å². The molecule has 3 unspecified atom stereocenters. The number of aliphatic hydroxyl groups excluding tert-OH is 1. The predicted molar refractivity (Wildman–Crippen MR) is 372 cm³/mol. The maximum atomic E-state index is 13.1. The number of nitrogens with one attached hydrogen (secondary N) is 1. The number of hydrogen-bond acceptors (Lipinski definition) is 6. The van der Waals surface area contributed by atoms with Crippen LogP contribution in [0.5, 0.6) is 0 Å². The van der Waals surface area contributed by atoms with Crippen LogP contribution in [-0.4, -0.2) is 68.5 Å². The Morgan fingerprint density at radius 1 is 0.400 bits per heavy atom. The smallest absolute Gasteiger partial charge is 0.268 e. The van der Waals surface area contributed by atoms with E-state index in [9.17, 15) is 19.4 Å². The number of hydrogen-bond donors (Lipinski definition) is 2. The van der Waals surface area contributed by atoms with Gasteiger partial charge in [0.25, 0.3) is 7.82 Å². The monoisotopic (exact) mass is 1220 g/mol. The molecule has 0 saturated carbocycles. The van der Waals surface area contributed by atoms with Gasteiger partial charge in [-0.1, -0.05) is 378 Å². The molecule has 1 amide bonds. The second-order valence-corrected chi connectivity index (χ2v) is 29.1. The molecule has 0 aliphatic carbocycles. The average molecular weight is 1220 g/mol. The SMILES string of the molecule is CCCCCCCCCC/C=C\CCCCCCCCCCCCCCCCCCCCCCCCCC(=O)NC(COP(=O)([O-])OCC[N+](C)(C)C)C(O)/C=C/CCCCCCCCCCCCCCCCCCCCCCCCCCCC. The second kappa shape index (κ2) is 67.4. The van der Waals surface area contributed by atoms with Crippen LogP contribution in [0.25, 0.3) is 0 Å². The Balaban J connectivity index is 3.96. The number of unbranched alkanes of at least 4 members (excludes halogenated alkanes) is 57. The summed E-state index contributed by atoms with van der Waals surface area (Å²) >= 11 is 0. The zero-order valence-corrected chi connectivity index (χ0v) is 59.0. The Hall–Kier alpha value is -1.02. The summed E-state index contributed by atoms with van der Waals surface area (Å²) < 4.78 is 23.5. The summed E-state index contributed by atoms with van der Waals surface area (Å²) in [4.78, 5) is 25.7. The molecule has 0 aromatic carbocycles. The number of nitrogens with zero attached hydrogens (tertiary/aromatic N) is 1. The molecule has 0 aromatic rings. The van der Waals surface area contributed by atoms with E-state index in [1.54, 1.807) is 6.08 Å². The molecule has 0 aromatic heterocycles. The van der Waals surface area contributed by atoms with Crippen LogP contribution in [-0.2, 0) is 18.4 Å². The van der Waals surface area contributed by atoms with Crippen molar-refractivity contribution in [2.24, 2.45) is 0 Å². The molecule has 0 spiro atoms. The van der Waals surface area contributed by atoms with Gasteiger partial charge in [-0.25, -0.2) is 0 Å². The molecule has 2 N–H and O–H groups in total. The first-order chi connectivity index (χ1) is 41.5. The largest absolute Gasteiger partial charge is 0.756 e. The van der Waals surface area contributed by atoms with Crippen molar-refractivity contribution < 1.29 is 32.9 Å². The first-order valence-corrected chi connectivity index (χ1v) is 39.7. The summed E-state index contributed by atoms with van der Waals surface area (Å²) in [6, 6.07) is -0.885. The minimum absolute atomic E-state index is 0.00228. The first-order valence-electron chi connectivity index (χ1n) is 38.2. The van der Waals surface area contributed by atoms with Crippen LogP contribution in [0.2, 0.25) is 0 Å². The van der Waals surface area contributed by atoms with E-state index in [0.29, 0.717) is 17.4 Å². The minimum atomic E-state index is -4.60. The molecule has 0 aliphatic rings. The fourth-order valence-electron chi connectivity index (χ4n) is 12.0. The van der Waals surface area contributed by atoms with Gasteiger partial charge in [0.1, 0.15) is 13.2 Å². The van der Waals surface area contributed by atoms with Gasteiger partial charge in [0.2, 0.25) is 5.91 Å². The summed E-state index contributed by atoms with van der Waals surface area (Å²) in [5.74, 6) is -0.187. The molecule has 0 fully saturated rings. The van der Waals surface area contributed by atoms with Gasteiger partial charge in [0.15, 0.2) is 0 Å². The zero-order valence-electron chi connectivity index (χ0n) is 58.1. The van der Waals surface area contributed by atoms with Crippen LogP contribution in [0.1, 0.15) is 406 Å². The van der Waals surface area contributed by atoms with Crippen LogP contribution < -0.4 is 10.2 Å². The lowest BCUT2D eigenvalue weighted by Crippen LogP contribution is -2.45. The third kappa shape index (κ3) is 70.3. The number of carbonyl (C=O) groups excluding carboxylic acids is 1. The van der Waals surface area contributed by atoms with Crippen molar-refractivity contribution in [1.82, 2.24) is 5.32 Å². The van der Waals surface area contributed by atoms with Crippen molar-refractivity contribution in [2.75, 3.05) is 40.9 Å². The number of amides is 1. The lowest BCUT2D eigenvalue weighted by molar-refractivity contribution is -0.870. The molecule has 9 heteroatoms. The quantitative estimate of drug-likeness (QED) is 0.0272. The van der Waals surface area contributed by atoms with Crippen molar-refractivity contribution in [3.8, 4) is 0 Å². The van der Waals surface area contributed by atoms with Gasteiger partial charge in [-0.2, -0.15) is 0 Å². The van der Waals surface area contributed by atoms with E-state index in [4.69, 9.17) is 9.05 Å². The Morgan fingerprint density at radius 3 is 0.918 bits per heavy atom. The highest BCUT2D eigenvalue weighted by atomic mass is 31.2. The summed E-state index contributed by atoms with van der Waals surface area (Å²) in [7, 11) is 1.28. The molecule has 506 valence electrons. The van der Waals surface area contributed by atoms with E-state index >= 15 is 0 Å². The Bertz CT molecular complexity index is 1430. The number of allylic oxidation sites excluding steroid dienone is 3. The molecule has 0 bridgehead atoms. The Labute approximate surface area is 532 Å². The molecule has 3 atom stereocenters. The summed E-state index contributed by atoms with van der Waals surface area (Å²) in [5, 5.41) is 14.0. The highest BCUT2D eigenvalue weighted by Crippen LogP contribution is 2.38. The van der Waals surface area contributed by atoms with Crippen LogP contribution >= 0.6 is 7.82 Å². The lowest BCUT2D eigenvalue weighted by atomic mass is 10.0. The van der Waals surface area contributed by atoms with Gasteiger partial charge in [0, 0.05) is 6.42 Å². The molecular formula is C76H151N2O6P. The molecule has 0 aliphatic heterocycles. The minimum Gasteiger partial charge on any atom is -0.756 e. The lowest BCUT2D eigenvalue weighted by Gasteiger charge is -2.29. The summed E-state index contributed by atoms with van der Waals surface area (Å²) in [5.41, 5.74) is 0. The zero-order chi connectivity index (χ0) is 61.9. The van der Waals surface area contributed by atoms with Crippen molar-refractivity contribution in [2.45, 2.75) is 418 Å². The van der Waals surface area contributed by atoms with Crippen LogP contribution in [0.3, 0.4) is 0 Å². The van der Waals surface area contributed by atoms with Gasteiger partial charge < -0.3 is 28.8 Å². The van der Waals surface area contributed by atoms with Crippen LogP contribution in [0.4, 0.5) is 0 Å². The second-order valence-electron chi connectivity index (χ2n) is 27.7. The topological polar surface area (TPSA) is 108 Å². The van der Waals surface area contributed by atoms with Gasteiger partial charge in [-0.05, 0) is 44.9 Å². The van der Waals surface area contributed by atoms with Crippen LogP contribution in [0, 0.1) is 0 Å². The summed E-state index contributed by atoms with van der Waals surface area (Å²) in [6.07, 6.45) is 89.0. The number of carbonyl (C=O) groups is 1. The highest BCUT2D eigenvalue weighted by molar-refractivity contribution is 7.45. The fraction of sp³-hybridized carbons (Fsp3) is 0.934. The first kappa shape index (κ1) is 84.0. The van der Waals surface area contributed by atoms with Crippen molar-refractivity contribution >= 4 is 13.7 Å². The van der Waals surface area contributed by atoms with Crippen LogP contribution in [0.15, 0.2) is 24.3 Å². The number of aliphatic hydroxyl groups is 1.